The number of fused-ring (bicyclic) bond motifs is 1. The van der Waals surface area contributed by atoms with Crippen LogP contribution in [0.5, 0.6) is 0 Å². The maximum atomic E-state index is 12.2. The maximum Gasteiger partial charge on any atom is 0.259 e. The van der Waals surface area contributed by atoms with Gasteiger partial charge in [0.2, 0.25) is 0 Å². The van der Waals surface area contributed by atoms with Gasteiger partial charge in [-0.15, -0.1) is 0 Å². The highest BCUT2D eigenvalue weighted by molar-refractivity contribution is 14.1. The van der Waals surface area contributed by atoms with Gasteiger partial charge in [-0.1, -0.05) is 0 Å². The standard InChI is InChI=1S/C17H18IN5O2/c1-9-3-5-19-12(7-9)22-13-8-11-4-6-20-17(25)14(11)16(23-13)21-10(2)15(18)24/h3-8,10,15,24H,1-2H3,(H,20,25)(H2,19,21,22,23)/t10-,15?/m0/s1. The van der Waals surface area contributed by atoms with E-state index in [-0.39, 0.29) is 11.6 Å². The van der Waals surface area contributed by atoms with Gasteiger partial charge in [0.1, 0.15) is 21.6 Å². The average Bonchev–Trinajstić information content (AvgIpc) is 2.54. The highest BCUT2D eigenvalue weighted by Crippen LogP contribution is 2.24. The molecule has 0 aliphatic rings. The van der Waals surface area contributed by atoms with Gasteiger partial charge < -0.3 is 20.7 Å². The molecule has 2 atom stereocenters. The van der Waals surface area contributed by atoms with Crippen molar-refractivity contribution >= 4 is 50.8 Å². The molecule has 0 saturated heterocycles. The molecule has 0 saturated carbocycles. The van der Waals surface area contributed by atoms with Crippen LogP contribution in [-0.4, -0.2) is 30.2 Å². The second kappa shape index (κ2) is 7.36. The number of aromatic nitrogens is 3. The number of nitrogens with one attached hydrogen (secondary N) is 3. The number of rotatable bonds is 5. The summed E-state index contributed by atoms with van der Waals surface area (Å²) in [5.74, 6) is 1.65. The molecule has 3 aromatic rings. The lowest BCUT2D eigenvalue weighted by molar-refractivity contribution is 0.261. The van der Waals surface area contributed by atoms with Crippen LogP contribution in [0.25, 0.3) is 10.8 Å². The van der Waals surface area contributed by atoms with Gasteiger partial charge in [-0.3, -0.25) is 4.79 Å². The highest BCUT2D eigenvalue weighted by Gasteiger charge is 2.15. The Balaban J connectivity index is 2.07. The predicted octanol–water partition coefficient (Wildman–Crippen LogP) is 2.92. The van der Waals surface area contributed by atoms with E-state index in [1.807, 2.05) is 54.6 Å². The molecule has 8 heteroatoms. The number of pyridine rings is 3. The van der Waals surface area contributed by atoms with E-state index >= 15 is 0 Å². The molecule has 130 valence electrons. The SMILES string of the molecule is Cc1ccnc(Nc2cc3cc[nH]c(=O)c3c(N[C@@H](C)C(O)I)n2)c1. The number of aryl methyl sites for hydroxylation is 1. The average molecular weight is 451 g/mol. The smallest absolute Gasteiger partial charge is 0.259 e. The van der Waals surface area contributed by atoms with Crippen molar-refractivity contribution in [3.05, 3.63) is 52.6 Å². The Labute approximate surface area is 158 Å². The van der Waals surface area contributed by atoms with Crippen molar-refractivity contribution in [2.75, 3.05) is 10.6 Å². The van der Waals surface area contributed by atoms with E-state index in [0.29, 0.717) is 22.8 Å². The fraction of sp³-hybridized carbons (Fsp3) is 0.235. The molecule has 25 heavy (non-hydrogen) atoms. The Kier molecular flexibility index (Phi) is 5.19. The summed E-state index contributed by atoms with van der Waals surface area (Å²) < 4.78 is -0.618. The topological polar surface area (TPSA) is 103 Å². The van der Waals surface area contributed by atoms with E-state index in [1.165, 1.54) is 0 Å². The van der Waals surface area contributed by atoms with Crippen LogP contribution in [0.15, 0.2) is 41.5 Å². The third-order valence-corrected chi connectivity index (χ3v) is 4.78. The molecular weight excluding hydrogens is 433 g/mol. The number of aliphatic hydroxyl groups is 1. The van der Waals surface area contributed by atoms with Crippen LogP contribution in [0.3, 0.4) is 0 Å². The van der Waals surface area contributed by atoms with Crippen LogP contribution < -0.4 is 16.2 Å². The molecular formula is C17H18IN5O2. The summed E-state index contributed by atoms with van der Waals surface area (Å²) in [6.07, 6.45) is 3.32. The largest absolute Gasteiger partial charge is 0.381 e. The number of alkyl halides is 1. The summed E-state index contributed by atoms with van der Waals surface area (Å²) in [7, 11) is 0. The number of H-pyrrole nitrogens is 1. The zero-order chi connectivity index (χ0) is 18.0. The summed E-state index contributed by atoms with van der Waals surface area (Å²) >= 11 is 1.91. The van der Waals surface area contributed by atoms with E-state index in [9.17, 15) is 9.90 Å². The summed E-state index contributed by atoms with van der Waals surface area (Å²) in [6.45, 7) is 3.81. The van der Waals surface area contributed by atoms with Crippen LogP contribution in [0, 0.1) is 6.92 Å². The van der Waals surface area contributed by atoms with Crippen LogP contribution in [0.4, 0.5) is 17.5 Å². The van der Waals surface area contributed by atoms with Gasteiger partial charge in [0.25, 0.3) is 5.56 Å². The van der Waals surface area contributed by atoms with Crippen LogP contribution in [0.2, 0.25) is 0 Å². The Morgan fingerprint density at radius 3 is 2.80 bits per heavy atom. The van der Waals surface area contributed by atoms with Gasteiger partial charge in [-0.25, -0.2) is 9.97 Å². The molecule has 0 amide bonds. The van der Waals surface area contributed by atoms with Gasteiger partial charge >= 0.3 is 0 Å². The number of hydrogen-bond acceptors (Lipinski definition) is 6. The molecule has 3 rings (SSSR count). The van der Waals surface area contributed by atoms with Gasteiger partial charge in [0.15, 0.2) is 0 Å². The van der Waals surface area contributed by atoms with Gasteiger partial charge in [-0.05, 0) is 71.7 Å². The molecule has 3 aromatic heterocycles. The lowest BCUT2D eigenvalue weighted by atomic mass is 10.2. The first-order chi connectivity index (χ1) is 11.9. The second-order valence-electron chi connectivity index (χ2n) is 5.78. The maximum absolute atomic E-state index is 12.2. The third kappa shape index (κ3) is 4.07. The number of anilines is 3. The van der Waals surface area contributed by atoms with E-state index in [0.717, 1.165) is 10.9 Å². The zero-order valence-corrected chi connectivity index (χ0v) is 15.9. The molecule has 1 unspecified atom stereocenters. The monoisotopic (exact) mass is 451 g/mol. The van der Waals surface area contributed by atoms with Crippen molar-refractivity contribution in [1.29, 1.82) is 0 Å². The zero-order valence-electron chi connectivity index (χ0n) is 13.7. The van der Waals surface area contributed by atoms with Crippen LogP contribution >= 0.6 is 22.6 Å². The van der Waals surface area contributed by atoms with Crippen LogP contribution in [-0.2, 0) is 0 Å². The first kappa shape index (κ1) is 17.6. The van der Waals surface area contributed by atoms with E-state index < -0.39 is 4.11 Å². The summed E-state index contributed by atoms with van der Waals surface area (Å²) in [5, 5.41) is 17.2. The summed E-state index contributed by atoms with van der Waals surface area (Å²) in [6, 6.07) is 7.15. The Morgan fingerprint density at radius 1 is 1.28 bits per heavy atom. The number of halogens is 1. The molecule has 0 aliphatic heterocycles. The molecule has 0 spiro atoms. The first-order valence-corrected chi connectivity index (χ1v) is 8.99. The van der Waals surface area contributed by atoms with Crippen molar-refractivity contribution < 1.29 is 5.11 Å². The molecule has 0 bridgehead atoms. The fourth-order valence-corrected chi connectivity index (χ4v) is 2.58. The minimum Gasteiger partial charge on any atom is -0.381 e. The second-order valence-corrected chi connectivity index (χ2v) is 7.05. The van der Waals surface area contributed by atoms with Crippen molar-refractivity contribution in [2.45, 2.75) is 24.0 Å². The van der Waals surface area contributed by atoms with Gasteiger partial charge in [0.05, 0.1) is 11.4 Å². The lowest BCUT2D eigenvalue weighted by Crippen LogP contribution is -2.27. The van der Waals surface area contributed by atoms with E-state index in [2.05, 4.69) is 25.6 Å². The Hall–Kier alpha value is -2.20. The van der Waals surface area contributed by atoms with Gasteiger partial charge in [-0.2, -0.15) is 0 Å². The normalized spacial score (nSPS) is 13.4. The molecule has 0 radical (unpaired) electrons. The van der Waals surface area contributed by atoms with E-state index in [4.69, 9.17) is 0 Å². The number of aromatic amines is 1. The number of hydrogen-bond donors (Lipinski definition) is 4. The van der Waals surface area contributed by atoms with Crippen LogP contribution in [0.1, 0.15) is 12.5 Å². The Bertz CT molecular complexity index is 957. The summed E-state index contributed by atoms with van der Waals surface area (Å²) in [5.41, 5.74) is 0.845. The molecule has 0 fully saturated rings. The third-order valence-electron chi connectivity index (χ3n) is 3.70. The minimum absolute atomic E-state index is 0.233. The highest BCUT2D eigenvalue weighted by atomic mass is 127. The molecule has 7 nitrogen and oxygen atoms in total. The van der Waals surface area contributed by atoms with Crippen molar-refractivity contribution in [3.8, 4) is 0 Å². The summed E-state index contributed by atoms with van der Waals surface area (Å²) in [4.78, 5) is 23.7. The number of nitrogens with zero attached hydrogens (tertiary/aromatic N) is 2. The first-order valence-electron chi connectivity index (χ1n) is 7.75. The molecule has 4 N–H and O–H groups in total. The Morgan fingerprint density at radius 2 is 2.08 bits per heavy atom. The minimum atomic E-state index is -0.618. The van der Waals surface area contributed by atoms with Crippen molar-refractivity contribution in [3.63, 3.8) is 0 Å². The lowest BCUT2D eigenvalue weighted by Gasteiger charge is -2.18. The molecule has 0 aliphatic carbocycles. The predicted molar refractivity (Wildman–Crippen MR) is 108 cm³/mol. The van der Waals surface area contributed by atoms with Crippen molar-refractivity contribution in [1.82, 2.24) is 15.0 Å². The molecule has 3 heterocycles. The quantitative estimate of drug-likeness (QED) is 0.352. The molecule has 0 aromatic carbocycles. The van der Waals surface area contributed by atoms with Crippen molar-refractivity contribution in [2.24, 2.45) is 0 Å². The van der Waals surface area contributed by atoms with Gasteiger partial charge in [0, 0.05) is 12.4 Å². The fourth-order valence-electron chi connectivity index (χ4n) is 2.40. The number of aliphatic hydroxyl groups excluding tert-OH is 1. The van der Waals surface area contributed by atoms with E-state index in [1.54, 1.807) is 18.5 Å².